The van der Waals surface area contributed by atoms with E-state index in [1.54, 1.807) is 27.0 Å². The van der Waals surface area contributed by atoms with Crippen LogP contribution in [0.2, 0.25) is 5.02 Å². The number of fused-ring (bicyclic) bond motifs is 1. The highest BCUT2D eigenvalue weighted by Gasteiger charge is 2.42. The minimum Gasteiger partial charge on any atom is -0.493 e. The van der Waals surface area contributed by atoms with Gasteiger partial charge in [-0.2, -0.15) is 0 Å². The first-order chi connectivity index (χ1) is 14.9. The highest BCUT2D eigenvalue weighted by Crippen LogP contribution is 2.55. The third-order valence-corrected chi connectivity index (χ3v) is 9.03. The molecule has 0 fully saturated rings. The molecule has 4 nitrogen and oxygen atoms in total. The van der Waals surface area contributed by atoms with Crippen molar-refractivity contribution in [2.45, 2.75) is 47.3 Å². The van der Waals surface area contributed by atoms with Crippen molar-refractivity contribution in [3.63, 3.8) is 0 Å². The van der Waals surface area contributed by atoms with E-state index in [-0.39, 0.29) is 5.02 Å². The Kier molecular flexibility index (Phi) is 5.59. The first kappa shape index (κ1) is 22.8. The zero-order chi connectivity index (χ0) is 23.4. The van der Waals surface area contributed by atoms with E-state index in [0.717, 1.165) is 32.9 Å². The van der Waals surface area contributed by atoms with Gasteiger partial charge in [-0.3, -0.25) is 0 Å². The lowest BCUT2D eigenvalue weighted by molar-refractivity contribution is -0.0439. The van der Waals surface area contributed by atoms with Crippen LogP contribution in [0.5, 0.6) is 17.2 Å². The Hall–Kier alpha value is -2.42. The number of ether oxygens (including phenoxy) is 3. The minimum atomic E-state index is -3.38. The lowest BCUT2D eigenvalue weighted by Gasteiger charge is -2.24. The molecular formula is C26H28ClO4P. The van der Waals surface area contributed by atoms with Crippen LogP contribution in [-0.4, -0.2) is 12.9 Å². The van der Waals surface area contributed by atoms with E-state index in [1.165, 1.54) is 0 Å². The topological polar surface area (TPSA) is 44.8 Å². The highest BCUT2D eigenvalue weighted by atomic mass is 35.5. The average molecular weight is 471 g/mol. The lowest BCUT2D eigenvalue weighted by Crippen LogP contribution is -2.30. The molecule has 3 aromatic rings. The van der Waals surface area contributed by atoms with Gasteiger partial charge in [-0.1, -0.05) is 46.0 Å². The largest absolute Gasteiger partial charge is 0.493 e. The van der Waals surface area contributed by atoms with Crippen LogP contribution in [0, 0.1) is 27.7 Å². The van der Waals surface area contributed by atoms with Crippen LogP contribution < -0.4 is 30.1 Å². The molecule has 0 aromatic heterocycles. The fraction of sp³-hybridized carbons (Fsp3) is 0.308. The van der Waals surface area contributed by atoms with Gasteiger partial charge in [-0.15, -0.1) is 0 Å². The van der Waals surface area contributed by atoms with E-state index < -0.39 is 12.9 Å². The molecule has 3 aromatic carbocycles. The van der Waals surface area contributed by atoms with Crippen LogP contribution in [-0.2, 0) is 4.57 Å². The number of rotatable bonds is 4. The molecule has 6 heteroatoms. The molecule has 1 heterocycles. The first-order valence-corrected chi connectivity index (χ1v) is 12.6. The van der Waals surface area contributed by atoms with Gasteiger partial charge in [0.2, 0.25) is 11.5 Å². The summed E-state index contributed by atoms with van der Waals surface area (Å²) in [5.74, 6) is 0.333. The second-order valence-corrected chi connectivity index (χ2v) is 12.1. The number of hydrogen-bond donors (Lipinski definition) is 0. The predicted octanol–water partition coefficient (Wildman–Crippen LogP) is 5.73. The van der Waals surface area contributed by atoms with Gasteiger partial charge in [0.05, 0.1) is 12.1 Å². The third-order valence-electron chi connectivity index (χ3n) is 5.52. The first-order valence-electron chi connectivity index (χ1n) is 10.5. The Balaban J connectivity index is 2.10. The van der Waals surface area contributed by atoms with Gasteiger partial charge >= 0.3 is 0 Å². The fourth-order valence-corrected chi connectivity index (χ4v) is 7.96. The van der Waals surface area contributed by atoms with E-state index in [1.807, 2.05) is 52.0 Å². The predicted molar refractivity (Wildman–Crippen MR) is 132 cm³/mol. The summed E-state index contributed by atoms with van der Waals surface area (Å²) >= 11 is 6.92. The molecule has 0 unspecified atom stereocenters. The van der Waals surface area contributed by atoms with Gasteiger partial charge in [0, 0.05) is 29.8 Å². The standard InChI is InChI=1S/C26H28ClO4P/c1-15-8-16(2)11-19(10-15)32(28,20-12-17(3)9-18(4)13-20)22-14-21(29-7)24-25(23(22)27)31-26(5,6)30-24/h8-14H,1-7H3. The van der Waals surface area contributed by atoms with Crippen molar-refractivity contribution in [2.24, 2.45) is 0 Å². The van der Waals surface area contributed by atoms with Crippen molar-refractivity contribution in [2.75, 3.05) is 7.11 Å². The minimum absolute atomic E-state index is 0.285. The summed E-state index contributed by atoms with van der Waals surface area (Å²) < 4.78 is 32.8. The Labute approximate surface area is 194 Å². The molecule has 0 saturated heterocycles. The molecule has 0 radical (unpaired) electrons. The van der Waals surface area contributed by atoms with E-state index >= 15 is 4.57 Å². The average Bonchev–Trinajstić information content (AvgIpc) is 3.02. The van der Waals surface area contributed by atoms with Crippen LogP contribution in [0.4, 0.5) is 0 Å². The summed E-state index contributed by atoms with van der Waals surface area (Å²) in [6.07, 6.45) is 0. The maximum absolute atomic E-state index is 15.2. The van der Waals surface area contributed by atoms with Crippen LogP contribution in [0.15, 0.2) is 42.5 Å². The summed E-state index contributed by atoms with van der Waals surface area (Å²) in [5, 5.41) is 2.21. The number of halogens is 1. The Morgan fingerprint density at radius 1 is 0.781 bits per heavy atom. The van der Waals surface area contributed by atoms with E-state index in [0.29, 0.717) is 22.6 Å². The van der Waals surface area contributed by atoms with Crippen molar-refractivity contribution in [1.29, 1.82) is 0 Å². The van der Waals surface area contributed by atoms with Gasteiger partial charge in [0.15, 0.2) is 18.6 Å². The molecule has 32 heavy (non-hydrogen) atoms. The van der Waals surface area contributed by atoms with Crippen molar-refractivity contribution in [3.05, 3.63) is 69.7 Å². The number of benzene rings is 3. The number of aryl methyl sites for hydroxylation is 4. The SMILES string of the molecule is COc1cc(P(=O)(c2cc(C)cc(C)c2)c2cc(C)cc(C)c2)c(Cl)c2c1OC(C)(C)O2. The van der Waals surface area contributed by atoms with E-state index in [9.17, 15) is 0 Å². The fourth-order valence-electron chi connectivity index (χ4n) is 4.35. The second kappa shape index (κ2) is 7.86. The molecule has 0 atom stereocenters. The molecule has 1 aliphatic rings. The molecule has 0 saturated carbocycles. The third kappa shape index (κ3) is 3.80. The van der Waals surface area contributed by atoms with Crippen molar-refractivity contribution in [3.8, 4) is 17.2 Å². The normalized spacial score (nSPS) is 14.5. The van der Waals surface area contributed by atoms with Gasteiger partial charge in [0.25, 0.3) is 0 Å². The van der Waals surface area contributed by atoms with E-state index in [2.05, 4.69) is 12.1 Å². The van der Waals surface area contributed by atoms with Crippen LogP contribution in [0.1, 0.15) is 36.1 Å². The maximum atomic E-state index is 15.2. The molecule has 0 amide bonds. The zero-order valence-corrected chi connectivity index (χ0v) is 21.1. The second-order valence-electron chi connectivity index (χ2n) is 8.98. The van der Waals surface area contributed by atoms with E-state index in [4.69, 9.17) is 25.8 Å². The molecule has 0 bridgehead atoms. The monoisotopic (exact) mass is 470 g/mol. The van der Waals surface area contributed by atoms with Gasteiger partial charge in [-0.25, -0.2) is 0 Å². The zero-order valence-electron chi connectivity index (χ0n) is 19.5. The summed E-state index contributed by atoms with van der Waals surface area (Å²) in [6.45, 7) is 11.6. The lowest BCUT2D eigenvalue weighted by atomic mass is 10.2. The Bertz CT molecular complexity index is 1180. The summed E-state index contributed by atoms with van der Waals surface area (Å²) in [7, 11) is -1.83. The molecule has 0 aliphatic carbocycles. The molecule has 4 rings (SSSR count). The van der Waals surface area contributed by atoms with Crippen molar-refractivity contribution in [1.82, 2.24) is 0 Å². The van der Waals surface area contributed by atoms with Gasteiger partial charge < -0.3 is 18.8 Å². The van der Waals surface area contributed by atoms with Crippen molar-refractivity contribution < 1.29 is 18.8 Å². The van der Waals surface area contributed by atoms with Crippen LogP contribution in [0.3, 0.4) is 0 Å². The number of hydrogen-bond acceptors (Lipinski definition) is 4. The Morgan fingerprint density at radius 2 is 1.22 bits per heavy atom. The maximum Gasteiger partial charge on any atom is 0.246 e. The molecule has 1 aliphatic heterocycles. The molecule has 168 valence electrons. The summed E-state index contributed by atoms with van der Waals surface area (Å²) in [5.41, 5.74) is 4.15. The quantitative estimate of drug-likeness (QED) is 0.457. The molecular weight excluding hydrogens is 443 g/mol. The van der Waals surface area contributed by atoms with Crippen LogP contribution in [0.25, 0.3) is 0 Å². The molecule has 0 spiro atoms. The Morgan fingerprint density at radius 3 is 1.66 bits per heavy atom. The highest BCUT2D eigenvalue weighted by molar-refractivity contribution is 7.85. The number of methoxy groups -OCH3 is 1. The summed E-state index contributed by atoms with van der Waals surface area (Å²) in [6, 6.07) is 13.8. The van der Waals surface area contributed by atoms with Crippen molar-refractivity contribution >= 4 is 34.7 Å². The smallest absolute Gasteiger partial charge is 0.246 e. The van der Waals surface area contributed by atoms with Crippen LogP contribution >= 0.6 is 18.7 Å². The summed E-state index contributed by atoms with van der Waals surface area (Å²) in [4.78, 5) is 0. The molecule has 0 N–H and O–H groups in total. The van der Waals surface area contributed by atoms with Gasteiger partial charge in [-0.05, 0) is 58.0 Å². The van der Waals surface area contributed by atoms with Gasteiger partial charge in [0.1, 0.15) is 0 Å².